The highest BCUT2D eigenvalue weighted by atomic mass is 14.5. The highest BCUT2D eigenvalue weighted by Gasteiger charge is 2.47. The zero-order valence-electron chi connectivity index (χ0n) is 11.2. The molecule has 0 heteroatoms. The van der Waals surface area contributed by atoms with E-state index in [1.54, 1.807) is 0 Å². The van der Waals surface area contributed by atoms with Crippen molar-refractivity contribution in [2.75, 3.05) is 0 Å². The largest absolute Gasteiger partial charge is 0.0625 e. The van der Waals surface area contributed by atoms with Crippen molar-refractivity contribution in [1.82, 2.24) is 0 Å². The maximum absolute atomic E-state index is 2.46. The fourth-order valence-electron chi connectivity index (χ4n) is 4.53. The molecule has 0 aliphatic heterocycles. The molecule has 0 aromatic rings. The lowest BCUT2D eigenvalue weighted by atomic mass is 9.61. The Balaban J connectivity index is 2.10. The quantitative estimate of drug-likeness (QED) is 0.584. The molecule has 2 unspecified atom stereocenters. The van der Waals surface area contributed by atoms with Crippen molar-refractivity contribution < 1.29 is 0 Å². The van der Waals surface area contributed by atoms with Crippen LogP contribution in [-0.2, 0) is 0 Å². The van der Waals surface area contributed by atoms with Crippen LogP contribution in [0.2, 0.25) is 0 Å². The van der Waals surface area contributed by atoms with Crippen molar-refractivity contribution in [2.24, 2.45) is 35.0 Å². The minimum Gasteiger partial charge on any atom is -0.0625 e. The van der Waals surface area contributed by atoms with Crippen molar-refractivity contribution in [2.45, 2.75) is 60.3 Å². The molecule has 0 radical (unpaired) electrons. The summed E-state index contributed by atoms with van der Waals surface area (Å²) >= 11 is 0. The van der Waals surface area contributed by atoms with Gasteiger partial charge in [-0.2, -0.15) is 0 Å². The first-order valence-corrected chi connectivity index (χ1v) is 6.89. The molecule has 2 bridgehead atoms. The highest BCUT2D eigenvalue weighted by Crippen LogP contribution is 2.56. The van der Waals surface area contributed by atoms with Crippen molar-refractivity contribution in [3.8, 4) is 0 Å². The molecule has 2 aliphatic carbocycles. The van der Waals surface area contributed by atoms with Crippen LogP contribution >= 0.6 is 0 Å². The van der Waals surface area contributed by atoms with Gasteiger partial charge in [-0.1, -0.05) is 34.6 Å². The third-order valence-electron chi connectivity index (χ3n) is 5.08. The minimum atomic E-state index is 0.549. The van der Waals surface area contributed by atoms with E-state index in [1.807, 2.05) is 0 Å². The van der Waals surface area contributed by atoms with Gasteiger partial charge in [0.25, 0.3) is 0 Å². The van der Waals surface area contributed by atoms with Gasteiger partial charge in [0.05, 0.1) is 0 Å². The molecule has 0 aromatic heterocycles. The minimum absolute atomic E-state index is 0.549. The van der Waals surface area contributed by atoms with Gasteiger partial charge in [-0.15, -0.1) is 0 Å². The van der Waals surface area contributed by atoms with Crippen molar-refractivity contribution in [1.29, 1.82) is 0 Å². The molecule has 2 aliphatic rings. The van der Waals surface area contributed by atoms with Crippen molar-refractivity contribution >= 4 is 0 Å². The Kier molecular flexibility index (Phi) is 2.90. The van der Waals surface area contributed by atoms with Gasteiger partial charge < -0.3 is 0 Å². The zero-order chi connectivity index (χ0) is 11.2. The SMILES string of the molecule is CC(C)C1CC2CCC(C1)C2C(C)(C)C. The Hall–Kier alpha value is 0. The predicted molar refractivity (Wildman–Crippen MR) is 66.7 cm³/mol. The summed E-state index contributed by atoms with van der Waals surface area (Å²) in [6.45, 7) is 12.2. The second kappa shape index (κ2) is 3.79. The van der Waals surface area contributed by atoms with Crippen molar-refractivity contribution in [3.63, 3.8) is 0 Å². The summed E-state index contributed by atoms with van der Waals surface area (Å²) in [5.41, 5.74) is 0.549. The van der Waals surface area contributed by atoms with Gasteiger partial charge in [0.1, 0.15) is 0 Å². The molecule has 0 spiro atoms. The summed E-state index contributed by atoms with van der Waals surface area (Å²) in [4.78, 5) is 0. The first kappa shape index (κ1) is 11.5. The third kappa shape index (κ3) is 2.10. The van der Waals surface area contributed by atoms with Crippen LogP contribution in [0.4, 0.5) is 0 Å². The Morgan fingerprint density at radius 1 is 0.933 bits per heavy atom. The maximum atomic E-state index is 2.46. The van der Waals surface area contributed by atoms with E-state index in [9.17, 15) is 0 Å². The summed E-state index contributed by atoms with van der Waals surface area (Å²) in [5, 5.41) is 0. The average molecular weight is 208 g/mol. The Bertz CT molecular complexity index is 207. The van der Waals surface area contributed by atoms with Gasteiger partial charge in [0, 0.05) is 0 Å². The number of hydrogen-bond donors (Lipinski definition) is 0. The summed E-state index contributed by atoms with van der Waals surface area (Å²) in [7, 11) is 0. The lowest BCUT2D eigenvalue weighted by molar-refractivity contribution is 0.0547. The van der Waals surface area contributed by atoms with E-state index < -0.39 is 0 Å². The molecule has 0 nitrogen and oxygen atoms in total. The zero-order valence-corrected chi connectivity index (χ0v) is 11.2. The van der Waals surface area contributed by atoms with Crippen LogP contribution in [0.3, 0.4) is 0 Å². The smallest absolute Gasteiger partial charge is 0.0308 e. The molecule has 0 amide bonds. The highest BCUT2D eigenvalue weighted by molar-refractivity contribution is 4.97. The fourth-order valence-corrected chi connectivity index (χ4v) is 4.53. The van der Waals surface area contributed by atoms with Crippen LogP contribution in [0.5, 0.6) is 0 Å². The Morgan fingerprint density at radius 3 is 1.73 bits per heavy atom. The summed E-state index contributed by atoms with van der Waals surface area (Å²) in [6, 6.07) is 0. The van der Waals surface area contributed by atoms with E-state index in [4.69, 9.17) is 0 Å². The van der Waals surface area contributed by atoms with Crippen molar-refractivity contribution in [3.05, 3.63) is 0 Å². The summed E-state index contributed by atoms with van der Waals surface area (Å²) < 4.78 is 0. The first-order valence-electron chi connectivity index (χ1n) is 6.89. The van der Waals surface area contributed by atoms with Crippen LogP contribution in [0.25, 0.3) is 0 Å². The van der Waals surface area contributed by atoms with Gasteiger partial charge in [-0.05, 0) is 60.7 Å². The van der Waals surface area contributed by atoms with E-state index in [2.05, 4.69) is 34.6 Å². The summed E-state index contributed by atoms with van der Waals surface area (Å²) in [6.07, 6.45) is 6.10. The molecule has 0 N–H and O–H groups in total. The van der Waals surface area contributed by atoms with Crippen LogP contribution in [0, 0.1) is 35.0 Å². The van der Waals surface area contributed by atoms with E-state index >= 15 is 0 Å². The molecule has 0 heterocycles. The number of rotatable bonds is 1. The number of fused-ring (bicyclic) bond motifs is 2. The van der Waals surface area contributed by atoms with E-state index in [1.165, 1.54) is 25.7 Å². The molecule has 15 heavy (non-hydrogen) atoms. The monoisotopic (exact) mass is 208 g/mol. The van der Waals surface area contributed by atoms with Crippen LogP contribution in [0.15, 0.2) is 0 Å². The Labute approximate surface area is 95.8 Å². The molecule has 2 rings (SSSR count). The molecule has 2 fully saturated rings. The lowest BCUT2D eigenvalue weighted by Gasteiger charge is -2.44. The normalized spacial score (nSPS) is 41.2. The maximum Gasteiger partial charge on any atom is -0.0308 e. The average Bonchev–Trinajstić information content (AvgIpc) is 2.37. The second-order valence-corrected chi connectivity index (χ2v) is 7.46. The molecular weight excluding hydrogens is 180 g/mol. The molecule has 88 valence electrons. The molecule has 2 saturated carbocycles. The number of hydrogen-bond acceptors (Lipinski definition) is 0. The molecular formula is C15H28. The predicted octanol–water partition coefficient (Wildman–Crippen LogP) is 4.74. The van der Waals surface area contributed by atoms with Crippen LogP contribution in [0.1, 0.15) is 60.3 Å². The molecule has 0 aromatic carbocycles. The standard InChI is InChI=1S/C15H28/c1-10(2)13-8-11-6-7-12(9-13)14(11)15(3,4)5/h10-14H,6-9H2,1-5H3. The Morgan fingerprint density at radius 2 is 1.40 bits per heavy atom. The second-order valence-electron chi connectivity index (χ2n) is 7.46. The van der Waals surface area contributed by atoms with Crippen LogP contribution in [-0.4, -0.2) is 0 Å². The van der Waals surface area contributed by atoms with Gasteiger partial charge in [-0.3, -0.25) is 0 Å². The van der Waals surface area contributed by atoms with Gasteiger partial charge >= 0.3 is 0 Å². The van der Waals surface area contributed by atoms with E-state index in [-0.39, 0.29) is 0 Å². The molecule has 0 saturated heterocycles. The lowest BCUT2D eigenvalue weighted by Crippen LogP contribution is -2.36. The van der Waals surface area contributed by atoms with Crippen LogP contribution < -0.4 is 0 Å². The van der Waals surface area contributed by atoms with E-state index in [0.29, 0.717) is 5.41 Å². The van der Waals surface area contributed by atoms with Gasteiger partial charge in [0.2, 0.25) is 0 Å². The van der Waals surface area contributed by atoms with Gasteiger partial charge in [0.15, 0.2) is 0 Å². The molecule has 2 atom stereocenters. The third-order valence-corrected chi connectivity index (χ3v) is 5.08. The van der Waals surface area contributed by atoms with Gasteiger partial charge in [-0.25, -0.2) is 0 Å². The summed E-state index contributed by atoms with van der Waals surface area (Å²) in [5.74, 6) is 5.06. The van der Waals surface area contributed by atoms with E-state index in [0.717, 1.165) is 29.6 Å². The topological polar surface area (TPSA) is 0 Å². The first-order chi connectivity index (χ1) is 6.89. The fraction of sp³-hybridized carbons (Fsp3) is 1.00.